The lowest BCUT2D eigenvalue weighted by Gasteiger charge is -2.35. The highest BCUT2D eigenvalue weighted by Crippen LogP contribution is 2.61. The second-order valence-corrected chi connectivity index (χ2v) is 19.3. The van der Waals surface area contributed by atoms with Crippen molar-refractivity contribution < 1.29 is 14.3 Å². The number of para-hydroxylation sites is 1. The first-order chi connectivity index (χ1) is 24.4. The maximum Gasteiger partial charge on any atom is 0.168 e. The SMILES string of the molecule is CCCCCCCCCCCCCC[P+](CCCCCC)(CCCCCC)CCCCCC.O=C([O-])C1(Nc2ccccc2F)C=CC=CN1. The molecule has 2 N–H and O–H groups in total. The number of nitrogens with one attached hydrogen (secondary N) is 2. The lowest BCUT2D eigenvalue weighted by Crippen LogP contribution is -2.61. The van der Waals surface area contributed by atoms with E-state index < -0.39 is 24.7 Å². The Morgan fingerprint density at radius 1 is 0.620 bits per heavy atom. The Balaban J connectivity index is 0.000000607. The first kappa shape index (κ1) is 46.2. The summed E-state index contributed by atoms with van der Waals surface area (Å²) in [4.78, 5) is 11.1. The van der Waals surface area contributed by atoms with Crippen LogP contribution in [-0.2, 0) is 4.79 Å². The van der Waals surface area contributed by atoms with Gasteiger partial charge in [0.25, 0.3) is 0 Å². The van der Waals surface area contributed by atoms with Crippen molar-refractivity contribution >= 4 is 18.9 Å². The first-order valence-corrected chi connectivity index (χ1v) is 23.6. The van der Waals surface area contributed by atoms with E-state index >= 15 is 0 Å². The van der Waals surface area contributed by atoms with Gasteiger partial charge in [0.1, 0.15) is 5.82 Å². The molecule has 0 aromatic heterocycles. The molecule has 288 valence electrons. The van der Waals surface area contributed by atoms with Crippen molar-refractivity contribution in [2.24, 2.45) is 0 Å². The van der Waals surface area contributed by atoms with Crippen LogP contribution in [-0.4, -0.2) is 36.3 Å². The van der Waals surface area contributed by atoms with Gasteiger partial charge in [-0.15, -0.1) is 0 Å². The number of anilines is 1. The van der Waals surface area contributed by atoms with Crippen LogP contribution in [0.2, 0.25) is 0 Å². The minimum Gasteiger partial charge on any atom is -0.545 e. The van der Waals surface area contributed by atoms with Crippen molar-refractivity contribution in [1.82, 2.24) is 5.32 Å². The number of aliphatic carboxylic acids is 1. The van der Waals surface area contributed by atoms with E-state index in [1.807, 2.05) is 0 Å². The average Bonchev–Trinajstić information content (AvgIpc) is 3.12. The Labute approximate surface area is 309 Å². The summed E-state index contributed by atoms with van der Waals surface area (Å²) in [6.07, 6.45) is 48.1. The fourth-order valence-electron chi connectivity index (χ4n) is 7.09. The highest BCUT2D eigenvalue weighted by Gasteiger charge is 2.35. The minimum atomic E-state index is -1.63. The fraction of sp³-hybridized carbons (Fsp3) is 0.750. The number of carbonyl (C=O) groups excluding carboxylic acids is 1. The van der Waals surface area contributed by atoms with Crippen LogP contribution in [0.5, 0.6) is 0 Å². The van der Waals surface area contributed by atoms with Gasteiger partial charge in [0.2, 0.25) is 0 Å². The minimum absolute atomic E-state index is 0.0872. The molecule has 0 aliphatic carbocycles. The number of hydrogen-bond acceptors (Lipinski definition) is 4. The molecule has 6 heteroatoms. The number of carbonyl (C=O) groups is 1. The summed E-state index contributed by atoms with van der Waals surface area (Å²) in [6.45, 7) is 9.41. The molecule has 1 atom stereocenters. The molecule has 0 amide bonds. The molecule has 1 aromatic rings. The van der Waals surface area contributed by atoms with Crippen LogP contribution in [0.1, 0.15) is 182 Å². The maximum absolute atomic E-state index is 13.4. The van der Waals surface area contributed by atoms with E-state index in [0.717, 1.165) is 0 Å². The lowest BCUT2D eigenvalue weighted by atomic mass is 10.1. The Bertz CT molecular complexity index is 984. The van der Waals surface area contributed by atoms with E-state index in [1.165, 1.54) is 159 Å². The molecule has 0 fully saturated rings. The van der Waals surface area contributed by atoms with Crippen molar-refractivity contribution in [2.45, 2.75) is 187 Å². The number of carboxylic acids is 1. The molecule has 0 spiro atoms. The third-order valence-electron chi connectivity index (χ3n) is 10.3. The number of hydrogen-bond donors (Lipinski definition) is 2. The Morgan fingerprint density at radius 2 is 1.00 bits per heavy atom. The second kappa shape index (κ2) is 30.7. The standard InChI is InChI=1S/C32H68P.C12H11FN2O2/c1-5-9-13-17-18-19-20-21-22-23-24-28-32-33(29-25-14-10-6-2,30-26-15-11-7-3)31-27-16-12-8-4;13-9-5-1-2-6-10(9)15-12(11(16)17)7-3-4-8-14-12/h5-32H2,1-4H3;1-8,14-15H,(H,16,17)/q+1;/p-1. The van der Waals surface area contributed by atoms with Crippen LogP contribution in [0.4, 0.5) is 10.1 Å². The second-order valence-electron chi connectivity index (χ2n) is 14.9. The largest absolute Gasteiger partial charge is 0.545 e. The molecule has 1 aliphatic heterocycles. The van der Waals surface area contributed by atoms with Gasteiger partial charge in [-0.2, -0.15) is 0 Å². The van der Waals surface area contributed by atoms with Crippen LogP contribution in [0.15, 0.2) is 48.7 Å². The van der Waals surface area contributed by atoms with Gasteiger partial charge in [0.05, 0.1) is 36.3 Å². The molecule has 0 radical (unpaired) electrons. The van der Waals surface area contributed by atoms with Gasteiger partial charge < -0.3 is 20.5 Å². The van der Waals surface area contributed by atoms with E-state index in [0.29, 0.717) is 0 Å². The summed E-state index contributed by atoms with van der Waals surface area (Å²) >= 11 is 0. The van der Waals surface area contributed by atoms with Crippen LogP contribution in [0, 0.1) is 5.82 Å². The molecule has 1 aliphatic rings. The highest BCUT2D eigenvalue weighted by molar-refractivity contribution is 7.75. The number of allylic oxidation sites excluding steroid dienone is 2. The zero-order valence-corrected chi connectivity index (χ0v) is 34.0. The molecule has 2 rings (SSSR count). The maximum atomic E-state index is 13.4. The van der Waals surface area contributed by atoms with E-state index in [2.05, 4.69) is 38.3 Å². The van der Waals surface area contributed by atoms with Crippen LogP contribution in [0.25, 0.3) is 0 Å². The van der Waals surface area contributed by atoms with E-state index in [9.17, 15) is 14.3 Å². The molecular weight excluding hydrogens is 638 g/mol. The van der Waals surface area contributed by atoms with Crippen molar-refractivity contribution in [1.29, 1.82) is 0 Å². The zero-order chi connectivity index (χ0) is 36.6. The zero-order valence-electron chi connectivity index (χ0n) is 33.1. The third kappa shape index (κ3) is 21.5. The topological polar surface area (TPSA) is 64.2 Å². The summed E-state index contributed by atoms with van der Waals surface area (Å²) in [5, 5.41) is 16.3. The fourth-order valence-corrected chi connectivity index (χ4v) is 12.0. The van der Waals surface area contributed by atoms with Crippen molar-refractivity contribution in [3.05, 3.63) is 54.5 Å². The molecule has 1 aromatic carbocycles. The number of dihydropyridines is 1. The summed E-state index contributed by atoms with van der Waals surface area (Å²) < 4.78 is 13.4. The van der Waals surface area contributed by atoms with Gasteiger partial charge in [-0.1, -0.05) is 149 Å². The smallest absolute Gasteiger partial charge is 0.168 e. The number of rotatable bonds is 31. The number of benzene rings is 1. The Hall–Kier alpha value is -1.87. The van der Waals surface area contributed by atoms with Crippen LogP contribution in [0.3, 0.4) is 0 Å². The predicted octanol–water partition coefficient (Wildman–Crippen LogP) is 12.8. The lowest BCUT2D eigenvalue weighted by molar-refractivity contribution is -0.311. The molecule has 1 heterocycles. The molecule has 0 saturated heterocycles. The van der Waals surface area contributed by atoms with Crippen LogP contribution < -0.4 is 15.7 Å². The highest BCUT2D eigenvalue weighted by atomic mass is 31.2. The number of carboxylic acid groups (broad SMARTS) is 1. The van der Waals surface area contributed by atoms with Gasteiger partial charge in [-0.05, 0) is 81.9 Å². The van der Waals surface area contributed by atoms with Crippen LogP contribution >= 0.6 is 7.26 Å². The molecule has 1 unspecified atom stereocenters. The predicted molar refractivity (Wildman–Crippen MR) is 219 cm³/mol. The van der Waals surface area contributed by atoms with Gasteiger partial charge in [0.15, 0.2) is 5.66 Å². The summed E-state index contributed by atoms with van der Waals surface area (Å²) in [6, 6.07) is 5.83. The molecular formula is C44H78FN2O2P. The molecule has 0 bridgehead atoms. The first-order valence-electron chi connectivity index (χ1n) is 21.1. The molecule has 4 nitrogen and oxygen atoms in total. The van der Waals surface area contributed by atoms with E-state index in [-0.39, 0.29) is 5.69 Å². The summed E-state index contributed by atoms with van der Waals surface area (Å²) in [7, 11) is -0.697. The third-order valence-corrected chi connectivity index (χ3v) is 15.4. The van der Waals surface area contributed by atoms with Crippen molar-refractivity contribution in [3.8, 4) is 0 Å². The van der Waals surface area contributed by atoms with Gasteiger partial charge in [0, 0.05) is 7.26 Å². The van der Waals surface area contributed by atoms with Gasteiger partial charge in [-0.3, -0.25) is 0 Å². The Kier molecular flexibility index (Phi) is 28.4. The quantitative estimate of drug-likeness (QED) is 0.0593. The summed E-state index contributed by atoms with van der Waals surface area (Å²) in [5.74, 6) is -1.92. The summed E-state index contributed by atoms with van der Waals surface area (Å²) in [5.41, 5.74) is -1.54. The van der Waals surface area contributed by atoms with E-state index in [4.69, 9.17) is 0 Å². The van der Waals surface area contributed by atoms with Gasteiger partial charge in [-0.25, -0.2) is 4.39 Å². The molecule has 0 saturated carbocycles. The molecule has 50 heavy (non-hydrogen) atoms. The monoisotopic (exact) mass is 717 g/mol. The Morgan fingerprint density at radius 3 is 1.36 bits per heavy atom. The van der Waals surface area contributed by atoms with Crippen molar-refractivity contribution in [3.63, 3.8) is 0 Å². The number of halogens is 1. The van der Waals surface area contributed by atoms with Gasteiger partial charge >= 0.3 is 0 Å². The van der Waals surface area contributed by atoms with Crippen molar-refractivity contribution in [2.75, 3.05) is 30.0 Å². The normalized spacial score (nSPS) is 15.4. The number of unbranched alkanes of at least 4 members (excludes halogenated alkanes) is 20. The average molecular weight is 717 g/mol. The van der Waals surface area contributed by atoms with E-state index in [1.54, 1.807) is 68.5 Å².